The van der Waals surface area contributed by atoms with Crippen LogP contribution in [0.15, 0.2) is 52.9 Å². The second-order valence-corrected chi connectivity index (χ2v) is 6.97. The molecule has 0 saturated carbocycles. The minimum atomic E-state index is -0.404. The van der Waals surface area contributed by atoms with Gasteiger partial charge in [0.2, 0.25) is 5.91 Å². The van der Waals surface area contributed by atoms with E-state index in [0.29, 0.717) is 17.4 Å². The van der Waals surface area contributed by atoms with Crippen molar-refractivity contribution in [2.75, 3.05) is 0 Å². The first kappa shape index (κ1) is 17.9. The minimum Gasteiger partial charge on any atom is -0.351 e. The molecule has 9 heteroatoms. The number of benzene rings is 1. The van der Waals surface area contributed by atoms with Crippen molar-refractivity contribution in [3.63, 3.8) is 0 Å². The number of hydrogen-bond donors (Lipinski definition) is 2. The molecular formula is C17H18N6O2S. The van der Waals surface area contributed by atoms with Gasteiger partial charge in [0.25, 0.3) is 5.56 Å². The Kier molecular flexibility index (Phi) is 5.47. The summed E-state index contributed by atoms with van der Waals surface area (Å²) in [6.45, 7) is 3.87. The van der Waals surface area contributed by atoms with Gasteiger partial charge in [-0.05, 0) is 25.5 Å². The lowest BCUT2D eigenvalue weighted by molar-refractivity contribution is -0.120. The summed E-state index contributed by atoms with van der Waals surface area (Å²) >= 11 is 1.21. The number of aromatic amines is 1. The number of thioether (sulfide) groups is 1. The van der Waals surface area contributed by atoms with Crippen LogP contribution in [-0.4, -0.2) is 35.9 Å². The number of nitrogens with one attached hydrogen (secondary N) is 2. The molecule has 0 aliphatic carbocycles. The molecule has 26 heavy (non-hydrogen) atoms. The number of amides is 1. The molecule has 0 bridgehead atoms. The molecule has 0 aliphatic rings. The number of nitrogens with zero attached hydrogens (tertiary/aromatic N) is 4. The summed E-state index contributed by atoms with van der Waals surface area (Å²) < 4.78 is 1.65. The highest BCUT2D eigenvalue weighted by atomic mass is 32.2. The fourth-order valence-electron chi connectivity index (χ4n) is 2.37. The molecule has 2 N–H and O–H groups in total. The molecule has 0 fully saturated rings. The Morgan fingerprint density at radius 1 is 1.38 bits per heavy atom. The topological polar surface area (TPSA) is 106 Å². The first-order valence-electron chi connectivity index (χ1n) is 7.98. The van der Waals surface area contributed by atoms with Crippen LogP contribution in [0, 0.1) is 6.92 Å². The normalized spacial score (nSPS) is 11.9. The van der Waals surface area contributed by atoms with E-state index in [0.717, 1.165) is 11.3 Å². The lowest BCUT2D eigenvalue weighted by Gasteiger charge is -2.13. The molecule has 0 saturated heterocycles. The van der Waals surface area contributed by atoms with Crippen LogP contribution < -0.4 is 10.9 Å². The van der Waals surface area contributed by atoms with Crippen molar-refractivity contribution in [3.8, 4) is 5.69 Å². The fourth-order valence-corrected chi connectivity index (χ4v) is 3.25. The third-order valence-electron chi connectivity index (χ3n) is 3.62. The van der Waals surface area contributed by atoms with E-state index in [1.165, 1.54) is 24.2 Å². The monoisotopic (exact) mass is 370 g/mol. The molecule has 134 valence electrons. The summed E-state index contributed by atoms with van der Waals surface area (Å²) in [5, 5.41) is 7.06. The quantitative estimate of drug-likeness (QED) is 0.503. The van der Waals surface area contributed by atoms with E-state index < -0.39 is 5.25 Å². The average Bonchev–Trinajstić information content (AvgIpc) is 3.13. The van der Waals surface area contributed by atoms with E-state index in [1.807, 2.05) is 24.3 Å². The van der Waals surface area contributed by atoms with Crippen molar-refractivity contribution in [1.29, 1.82) is 0 Å². The molecule has 1 atom stereocenters. The number of H-pyrrole nitrogens is 1. The molecule has 2 heterocycles. The van der Waals surface area contributed by atoms with Crippen molar-refractivity contribution in [1.82, 2.24) is 30.0 Å². The second kappa shape index (κ2) is 7.96. The van der Waals surface area contributed by atoms with Crippen LogP contribution in [0.4, 0.5) is 0 Å². The van der Waals surface area contributed by atoms with Gasteiger partial charge in [0, 0.05) is 18.3 Å². The zero-order valence-corrected chi connectivity index (χ0v) is 15.2. The van der Waals surface area contributed by atoms with Gasteiger partial charge in [0.05, 0.1) is 10.9 Å². The largest absolute Gasteiger partial charge is 0.351 e. The van der Waals surface area contributed by atoms with E-state index in [2.05, 4.69) is 25.4 Å². The van der Waals surface area contributed by atoms with Gasteiger partial charge in [0.1, 0.15) is 12.7 Å². The summed E-state index contributed by atoms with van der Waals surface area (Å²) in [6, 6.07) is 9.06. The first-order chi connectivity index (χ1) is 12.5. The molecule has 8 nitrogen and oxygen atoms in total. The number of aromatic nitrogens is 5. The molecule has 1 amide bonds. The number of para-hydroxylation sites is 1. The van der Waals surface area contributed by atoms with Gasteiger partial charge in [-0.1, -0.05) is 30.0 Å². The number of aryl methyl sites for hydroxylation is 1. The van der Waals surface area contributed by atoms with Crippen molar-refractivity contribution < 1.29 is 4.79 Å². The van der Waals surface area contributed by atoms with Gasteiger partial charge in [-0.25, -0.2) is 14.6 Å². The average molecular weight is 370 g/mol. The lowest BCUT2D eigenvalue weighted by atomic mass is 10.2. The molecule has 0 radical (unpaired) electrons. The molecule has 0 aliphatic heterocycles. The highest BCUT2D eigenvalue weighted by molar-refractivity contribution is 8.00. The molecule has 3 aromatic rings. The summed E-state index contributed by atoms with van der Waals surface area (Å²) in [6.07, 6.45) is 3.07. The highest BCUT2D eigenvalue weighted by Crippen LogP contribution is 2.19. The predicted molar refractivity (Wildman–Crippen MR) is 98.1 cm³/mol. The molecule has 2 aromatic heterocycles. The third-order valence-corrected chi connectivity index (χ3v) is 4.60. The summed E-state index contributed by atoms with van der Waals surface area (Å²) in [4.78, 5) is 34.7. The van der Waals surface area contributed by atoms with Crippen molar-refractivity contribution in [3.05, 3.63) is 64.6 Å². The van der Waals surface area contributed by atoms with E-state index in [1.54, 1.807) is 24.9 Å². The molecule has 0 spiro atoms. The Labute approximate surface area is 154 Å². The summed E-state index contributed by atoms with van der Waals surface area (Å²) in [5.41, 5.74) is 2.17. The highest BCUT2D eigenvalue weighted by Gasteiger charge is 2.16. The van der Waals surface area contributed by atoms with E-state index in [9.17, 15) is 9.59 Å². The summed E-state index contributed by atoms with van der Waals surface area (Å²) in [5.74, 6) is -0.146. The SMILES string of the molecule is Cc1cc(=O)[nH]c(SC(C)C(=O)NCc2ccccc2-n2cncn2)n1. The number of carbonyl (C=O) groups excluding carboxylic acids is 1. The Balaban J connectivity index is 1.65. The minimum absolute atomic E-state index is 0.146. The maximum absolute atomic E-state index is 12.4. The fraction of sp³-hybridized carbons (Fsp3) is 0.235. The summed E-state index contributed by atoms with van der Waals surface area (Å²) in [7, 11) is 0. The van der Waals surface area contributed by atoms with E-state index >= 15 is 0 Å². The molecule has 1 aromatic carbocycles. The van der Waals surface area contributed by atoms with Crippen LogP contribution in [0.1, 0.15) is 18.2 Å². The van der Waals surface area contributed by atoms with Gasteiger partial charge in [0.15, 0.2) is 5.16 Å². The van der Waals surface area contributed by atoms with Gasteiger partial charge in [-0.15, -0.1) is 0 Å². The molecular weight excluding hydrogens is 352 g/mol. The Morgan fingerprint density at radius 3 is 2.92 bits per heavy atom. The Bertz CT molecular complexity index is 954. The van der Waals surface area contributed by atoms with Crippen LogP contribution in [0.3, 0.4) is 0 Å². The molecule has 3 rings (SSSR count). The Morgan fingerprint density at radius 2 is 2.19 bits per heavy atom. The van der Waals surface area contributed by atoms with E-state index in [4.69, 9.17) is 0 Å². The number of hydrogen-bond acceptors (Lipinski definition) is 6. The van der Waals surface area contributed by atoms with Crippen molar-refractivity contribution in [2.45, 2.75) is 30.8 Å². The van der Waals surface area contributed by atoms with Crippen LogP contribution in [0.2, 0.25) is 0 Å². The van der Waals surface area contributed by atoms with Gasteiger partial charge >= 0.3 is 0 Å². The Hall–Kier alpha value is -2.94. The zero-order valence-electron chi connectivity index (χ0n) is 14.3. The van der Waals surface area contributed by atoms with Crippen molar-refractivity contribution in [2.24, 2.45) is 0 Å². The number of rotatable bonds is 6. The maximum atomic E-state index is 12.4. The second-order valence-electron chi connectivity index (χ2n) is 5.64. The van der Waals surface area contributed by atoms with Gasteiger partial charge < -0.3 is 10.3 Å². The smallest absolute Gasteiger partial charge is 0.251 e. The third kappa shape index (κ3) is 4.37. The van der Waals surface area contributed by atoms with Crippen molar-refractivity contribution >= 4 is 17.7 Å². The van der Waals surface area contributed by atoms with Gasteiger partial charge in [-0.2, -0.15) is 5.10 Å². The van der Waals surface area contributed by atoms with Crippen LogP contribution in [0.25, 0.3) is 5.69 Å². The van der Waals surface area contributed by atoms with Crippen LogP contribution in [0.5, 0.6) is 0 Å². The molecule has 1 unspecified atom stereocenters. The van der Waals surface area contributed by atoms with Crippen LogP contribution in [-0.2, 0) is 11.3 Å². The predicted octanol–water partition coefficient (Wildman–Crippen LogP) is 1.46. The number of carbonyl (C=O) groups is 1. The standard InChI is InChI=1S/C17H18N6O2S/c1-11-7-15(24)22-17(21-11)26-12(2)16(25)19-8-13-5-3-4-6-14(13)23-10-18-9-20-23/h3-7,9-10,12H,8H2,1-2H3,(H,19,25)(H,21,22,24). The first-order valence-corrected chi connectivity index (χ1v) is 8.86. The lowest BCUT2D eigenvalue weighted by Crippen LogP contribution is -2.31. The van der Waals surface area contributed by atoms with E-state index in [-0.39, 0.29) is 11.5 Å². The zero-order chi connectivity index (χ0) is 18.5. The van der Waals surface area contributed by atoms with Crippen LogP contribution >= 0.6 is 11.8 Å². The maximum Gasteiger partial charge on any atom is 0.251 e. The van der Waals surface area contributed by atoms with Gasteiger partial charge in [-0.3, -0.25) is 9.59 Å².